The summed E-state index contributed by atoms with van der Waals surface area (Å²) < 4.78 is 0. The minimum atomic E-state index is -0.374. The van der Waals surface area contributed by atoms with E-state index in [1.54, 1.807) is 30.3 Å². The van der Waals surface area contributed by atoms with Gasteiger partial charge in [0.05, 0.1) is 16.9 Å². The Kier molecular flexibility index (Phi) is 6.51. The number of benzene rings is 1. The van der Waals surface area contributed by atoms with Crippen molar-refractivity contribution in [3.05, 3.63) is 53.9 Å². The molecule has 2 aromatic rings. The molecular weight excluding hydrogens is 316 g/mol. The van der Waals surface area contributed by atoms with Crippen LogP contribution in [0.3, 0.4) is 0 Å². The fourth-order valence-electron chi connectivity index (χ4n) is 2.35. The molecule has 0 spiro atoms. The number of amides is 2. The fraction of sp³-hybridized carbons (Fsp3) is 0.316. The van der Waals surface area contributed by atoms with E-state index in [4.69, 9.17) is 5.73 Å². The summed E-state index contributed by atoms with van der Waals surface area (Å²) in [4.78, 5) is 28.5. The first kappa shape index (κ1) is 18.4. The van der Waals surface area contributed by atoms with Gasteiger partial charge in [0.2, 0.25) is 0 Å². The Labute approximate surface area is 147 Å². The number of aromatic nitrogens is 1. The highest BCUT2D eigenvalue weighted by Gasteiger charge is 2.13. The smallest absolute Gasteiger partial charge is 0.274 e. The van der Waals surface area contributed by atoms with E-state index in [2.05, 4.69) is 22.5 Å². The van der Waals surface area contributed by atoms with Crippen molar-refractivity contribution >= 4 is 23.2 Å². The molecule has 1 heterocycles. The first-order valence-electron chi connectivity index (χ1n) is 8.44. The van der Waals surface area contributed by atoms with Gasteiger partial charge < -0.3 is 16.4 Å². The molecule has 0 bridgehead atoms. The third kappa shape index (κ3) is 5.31. The molecule has 25 heavy (non-hydrogen) atoms. The van der Waals surface area contributed by atoms with Gasteiger partial charge in [-0.1, -0.05) is 31.9 Å². The molecule has 0 saturated heterocycles. The van der Waals surface area contributed by atoms with Gasteiger partial charge >= 0.3 is 0 Å². The molecule has 2 rings (SSSR count). The largest absolute Gasteiger partial charge is 0.397 e. The lowest BCUT2D eigenvalue weighted by Crippen LogP contribution is -2.32. The van der Waals surface area contributed by atoms with Gasteiger partial charge in [0.1, 0.15) is 5.69 Å². The number of nitrogens with two attached hydrogens (primary N) is 1. The minimum absolute atomic E-state index is 0.108. The molecular formula is C19H24N4O2. The summed E-state index contributed by atoms with van der Waals surface area (Å²) in [7, 11) is 0. The maximum Gasteiger partial charge on any atom is 0.274 e. The summed E-state index contributed by atoms with van der Waals surface area (Å²) in [6, 6.07) is 10.2. The van der Waals surface area contributed by atoms with Crippen molar-refractivity contribution in [2.75, 3.05) is 11.1 Å². The number of pyridine rings is 1. The van der Waals surface area contributed by atoms with Crippen LogP contribution in [0.15, 0.2) is 42.6 Å². The van der Waals surface area contributed by atoms with Crippen LogP contribution < -0.4 is 16.4 Å². The predicted octanol–water partition coefficient (Wildman–Crippen LogP) is 3.22. The van der Waals surface area contributed by atoms with Gasteiger partial charge in [-0.3, -0.25) is 14.6 Å². The van der Waals surface area contributed by atoms with Crippen molar-refractivity contribution in [3.63, 3.8) is 0 Å². The number of rotatable bonds is 7. The Hall–Kier alpha value is -2.89. The molecule has 0 aliphatic carbocycles. The Morgan fingerprint density at radius 3 is 2.56 bits per heavy atom. The van der Waals surface area contributed by atoms with Crippen LogP contribution in [0, 0.1) is 0 Å². The van der Waals surface area contributed by atoms with Gasteiger partial charge in [0.25, 0.3) is 11.8 Å². The monoisotopic (exact) mass is 340 g/mol. The molecule has 6 nitrogen and oxygen atoms in total. The molecule has 132 valence electrons. The third-order valence-electron chi connectivity index (χ3n) is 3.84. The number of nitrogen functional groups attached to an aromatic ring is 1. The Morgan fingerprint density at radius 2 is 1.92 bits per heavy atom. The Bertz CT molecular complexity index is 728. The molecule has 0 fully saturated rings. The van der Waals surface area contributed by atoms with E-state index in [-0.39, 0.29) is 23.6 Å². The van der Waals surface area contributed by atoms with Crippen LogP contribution in [0.5, 0.6) is 0 Å². The summed E-state index contributed by atoms with van der Waals surface area (Å²) >= 11 is 0. The van der Waals surface area contributed by atoms with E-state index in [1.807, 2.05) is 6.92 Å². The summed E-state index contributed by atoms with van der Waals surface area (Å²) in [5.41, 5.74) is 7.46. The predicted molar refractivity (Wildman–Crippen MR) is 99.5 cm³/mol. The van der Waals surface area contributed by atoms with Gasteiger partial charge in [-0.2, -0.15) is 0 Å². The first-order chi connectivity index (χ1) is 12.0. The molecule has 4 N–H and O–H groups in total. The second-order valence-corrected chi connectivity index (χ2v) is 5.99. The molecule has 0 aliphatic heterocycles. The van der Waals surface area contributed by atoms with Crippen molar-refractivity contribution in [1.82, 2.24) is 10.3 Å². The van der Waals surface area contributed by atoms with E-state index in [0.717, 1.165) is 19.3 Å². The lowest BCUT2D eigenvalue weighted by molar-refractivity contribution is 0.0935. The third-order valence-corrected chi connectivity index (χ3v) is 3.84. The van der Waals surface area contributed by atoms with E-state index >= 15 is 0 Å². The Balaban J connectivity index is 1.98. The van der Waals surface area contributed by atoms with E-state index in [9.17, 15) is 9.59 Å². The van der Waals surface area contributed by atoms with Crippen LogP contribution in [0.1, 0.15) is 54.0 Å². The zero-order valence-electron chi connectivity index (χ0n) is 14.6. The van der Waals surface area contributed by atoms with Crippen molar-refractivity contribution in [3.8, 4) is 0 Å². The lowest BCUT2D eigenvalue weighted by Gasteiger charge is -2.13. The number of hydrogen-bond acceptors (Lipinski definition) is 4. The van der Waals surface area contributed by atoms with Crippen molar-refractivity contribution in [2.45, 2.75) is 39.2 Å². The summed E-state index contributed by atoms with van der Waals surface area (Å²) in [6.07, 6.45) is 4.51. The quantitative estimate of drug-likeness (QED) is 0.674. The van der Waals surface area contributed by atoms with Crippen LogP contribution in [-0.2, 0) is 0 Å². The van der Waals surface area contributed by atoms with Crippen molar-refractivity contribution in [2.24, 2.45) is 0 Å². The molecule has 1 atom stereocenters. The summed E-state index contributed by atoms with van der Waals surface area (Å²) in [6.45, 7) is 4.10. The summed E-state index contributed by atoms with van der Waals surface area (Å²) in [5, 5.41) is 5.63. The van der Waals surface area contributed by atoms with Crippen LogP contribution in [0.4, 0.5) is 11.4 Å². The topological polar surface area (TPSA) is 97.1 Å². The number of anilines is 2. The number of nitrogens with zero attached hydrogens (tertiary/aromatic N) is 1. The molecule has 6 heteroatoms. The number of unbranched alkanes of at least 4 members (excludes halogenated alkanes) is 1. The van der Waals surface area contributed by atoms with Crippen LogP contribution >= 0.6 is 0 Å². The molecule has 1 aromatic heterocycles. The van der Waals surface area contributed by atoms with Gasteiger partial charge in [0.15, 0.2) is 0 Å². The molecule has 0 saturated carbocycles. The Morgan fingerprint density at radius 1 is 1.16 bits per heavy atom. The molecule has 0 aliphatic rings. The second-order valence-electron chi connectivity index (χ2n) is 5.99. The molecule has 0 radical (unpaired) electrons. The number of carbonyl (C=O) groups excluding carboxylic acids is 2. The second kappa shape index (κ2) is 8.82. The van der Waals surface area contributed by atoms with Crippen molar-refractivity contribution < 1.29 is 9.59 Å². The average molecular weight is 340 g/mol. The number of carbonyl (C=O) groups is 2. The number of hydrogen-bond donors (Lipinski definition) is 3. The van der Waals surface area contributed by atoms with Gasteiger partial charge in [-0.15, -0.1) is 0 Å². The van der Waals surface area contributed by atoms with E-state index in [1.165, 1.54) is 12.3 Å². The molecule has 1 aromatic carbocycles. The van der Waals surface area contributed by atoms with Gasteiger partial charge in [0, 0.05) is 12.2 Å². The van der Waals surface area contributed by atoms with Gasteiger partial charge in [-0.25, -0.2) is 0 Å². The highest BCUT2D eigenvalue weighted by molar-refractivity contribution is 6.04. The highest BCUT2D eigenvalue weighted by atomic mass is 16.2. The highest BCUT2D eigenvalue weighted by Crippen LogP contribution is 2.17. The molecule has 1 unspecified atom stereocenters. The zero-order chi connectivity index (χ0) is 18.2. The average Bonchev–Trinajstić information content (AvgIpc) is 2.62. The SMILES string of the molecule is CCCCC(C)NC(=O)c1ccc(C(=O)Nc2ccccc2N)nc1. The maximum atomic E-state index is 12.2. The van der Waals surface area contributed by atoms with Gasteiger partial charge in [-0.05, 0) is 37.6 Å². The normalized spacial score (nSPS) is 11.6. The molecule has 2 amide bonds. The zero-order valence-corrected chi connectivity index (χ0v) is 14.6. The fourth-order valence-corrected chi connectivity index (χ4v) is 2.35. The summed E-state index contributed by atoms with van der Waals surface area (Å²) in [5.74, 6) is -0.559. The lowest BCUT2D eigenvalue weighted by atomic mass is 10.1. The standard InChI is InChI=1S/C19H24N4O2/c1-3-4-7-13(2)22-18(24)14-10-11-17(21-12-14)19(25)23-16-9-6-5-8-15(16)20/h5-6,8-13H,3-4,7,20H2,1-2H3,(H,22,24)(H,23,25). The number of para-hydroxylation sites is 2. The minimum Gasteiger partial charge on any atom is -0.397 e. The van der Waals surface area contributed by atoms with Crippen molar-refractivity contribution in [1.29, 1.82) is 0 Å². The van der Waals surface area contributed by atoms with E-state index < -0.39 is 0 Å². The number of nitrogens with one attached hydrogen (secondary N) is 2. The van der Waals surface area contributed by atoms with Crippen LogP contribution in [0.25, 0.3) is 0 Å². The first-order valence-corrected chi connectivity index (χ1v) is 8.44. The van der Waals surface area contributed by atoms with E-state index in [0.29, 0.717) is 16.9 Å². The maximum absolute atomic E-state index is 12.2. The van der Waals surface area contributed by atoms with Crippen LogP contribution in [-0.4, -0.2) is 22.8 Å². The van der Waals surface area contributed by atoms with Crippen LogP contribution in [0.2, 0.25) is 0 Å².